The molecule has 0 saturated carbocycles. The number of likely N-dealkylation sites (tertiary alicyclic amines) is 1. The molecule has 1 amide bonds. The van der Waals surface area contributed by atoms with Crippen molar-refractivity contribution in [3.63, 3.8) is 0 Å². The van der Waals surface area contributed by atoms with Crippen LogP contribution in [0.1, 0.15) is 46.7 Å². The summed E-state index contributed by atoms with van der Waals surface area (Å²) in [6, 6.07) is 31.4. The van der Waals surface area contributed by atoms with Crippen LogP contribution in [0.4, 0.5) is 0 Å². The van der Waals surface area contributed by atoms with Gasteiger partial charge in [0.05, 0.1) is 0 Å². The second kappa shape index (κ2) is 10.2. The Morgan fingerprint density at radius 3 is 1.83 bits per heavy atom. The van der Waals surface area contributed by atoms with E-state index in [9.17, 15) is 4.79 Å². The molecule has 1 fully saturated rings. The van der Waals surface area contributed by atoms with Gasteiger partial charge in [0, 0.05) is 30.6 Å². The first-order valence-corrected chi connectivity index (χ1v) is 11.0. The Bertz CT molecular complexity index is 864. The van der Waals surface area contributed by atoms with Crippen molar-refractivity contribution in [1.82, 2.24) is 10.2 Å². The molecule has 3 aromatic carbocycles. The number of hydrogen-bond acceptors (Lipinski definition) is 2. The van der Waals surface area contributed by atoms with Crippen molar-refractivity contribution in [3.8, 4) is 0 Å². The van der Waals surface area contributed by atoms with Crippen molar-refractivity contribution in [2.45, 2.75) is 31.2 Å². The summed E-state index contributed by atoms with van der Waals surface area (Å²) in [5.41, 5.74) is 3.51. The van der Waals surface area contributed by atoms with Crippen molar-refractivity contribution in [3.05, 3.63) is 108 Å². The summed E-state index contributed by atoms with van der Waals surface area (Å²) < 4.78 is 0. The first-order valence-electron chi connectivity index (χ1n) is 11.0. The molecule has 1 heterocycles. The SMILES string of the molecule is O=C(NC1CCN(CCC(c2ccccc2)c2ccccc2)CC1)c1ccccc1. The van der Waals surface area contributed by atoms with E-state index in [4.69, 9.17) is 0 Å². The molecule has 0 unspecified atom stereocenters. The van der Waals surface area contributed by atoms with E-state index < -0.39 is 0 Å². The van der Waals surface area contributed by atoms with Gasteiger partial charge >= 0.3 is 0 Å². The molecule has 1 N–H and O–H groups in total. The van der Waals surface area contributed by atoms with Gasteiger partial charge in [0.1, 0.15) is 0 Å². The van der Waals surface area contributed by atoms with Crippen LogP contribution in [0.5, 0.6) is 0 Å². The van der Waals surface area contributed by atoms with Gasteiger partial charge in [-0.3, -0.25) is 4.79 Å². The number of rotatable bonds is 7. The van der Waals surface area contributed by atoms with Crippen molar-refractivity contribution in [2.75, 3.05) is 19.6 Å². The van der Waals surface area contributed by atoms with Crippen LogP contribution in [-0.2, 0) is 0 Å². The molecule has 0 atom stereocenters. The minimum Gasteiger partial charge on any atom is -0.349 e. The van der Waals surface area contributed by atoms with Crippen molar-refractivity contribution in [1.29, 1.82) is 0 Å². The monoisotopic (exact) mass is 398 g/mol. The van der Waals surface area contributed by atoms with Crippen LogP contribution in [0.15, 0.2) is 91.0 Å². The quantitative estimate of drug-likeness (QED) is 0.600. The first-order chi connectivity index (χ1) is 14.8. The zero-order valence-electron chi connectivity index (χ0n) is 17.4. The Morgan fingerprint density at radius 1 is 0.800 bits per heavy atom. The lowest BCUT2D eigenvalue weighted by Crippen LogP contribution is -2.45. The van der Waals surface area contributed by atoms with E-state index in [-0.39, 0.29) is 11.9 Å². The molecule has 0 aliphatic carbocycles. The van der Waals surface area contributed by atoms with E-state index in [1.54, 1.807) is 0 Å². The Kier molecular flexibility index (Phi) is 6.94. The summed E-state index contributed by atoms with van der Waals surface area (Å²) in [6.45, 7) is 3.15. The third-order valence-corrected chi connectivity index (χ3v) is 6.10. The van der Waals surface area contributed by atoms with Gasteiger partial charge in [-0.25, -0.2) is 0 Å². The zero-order valence-corrected chi connectivity index (χ0v) is 17.4. The largest absolute Gasteiger partial charge is 0.349 e. The molecule has 30 heavy (non-hydrogen) atoms. The summed E-state index contributed by atoms with van der Waals surface area (Å²) >= 11 is 0. The number of carbonyl (C=O) groups excluding carboxylic acids is 1. The van der Waals surface area contributed by atoms with Gasteiger partial charge in [-0.2, -0.15) is 0 Å². The Hall–Kier alpha value is -2.91. The second-order valence-electron chi connectivity index (χ2n) is 8.12. The number of nitrogens with one attached hydrogen (secondary N) is 1. The molecule has 1 aliphatic rings. The topological polar surface area (TPSA) is 32.3 Å². The normalized spacial score (nSPS) is 15.2. The second-order valence-corrected chi connectivity index (χ2v) is 8.12. The highest BCUT2D eigenvalue weighted by Gasteiger charge is 2.22. The molecule has 1 aliphatic heterocycles. The van der Waals surface area contributed by atoms with Gasteiger partial charge in [0.15, 0.2) is 0 Å². The summed E-state index contributed by atoms with van der Waals surface area (Å²) in [4.78, 5) is 14.9. The van der Waals surface area contributed by atoms with E-state index in [0.717, 1.165) is 44.5 Å². The molecule has 1 saturated heterocycles. The van der Waals surface area contributed by atoms with Crippen molar-refractivity contribution in [2.24, 2.45) is 0 Å². The predicted molar refractivity (Wildman–Crippen MR) is 123 cm³/mol. The number of carbonyl (C=O) groups is 1. The molecule has 0 radical (unpaired) electrons. The highest BCUT2D eigenvalue weighted by molar-refractivity contribution is 5.94. The Morgan fingerprint density at radius 2 is 1.30 bits per heavy atom. The van der Waals surface area contributed by atoms with Crippen LogP contribution in [0.3, 0.4) is 0 Å². The maximum atomic E-state index is 12.4. The molecule has 154 valence electrons. The van der Waals surface area contributed by atoms with Crippen LogP contribution < -0.4 is 5.32 Å². The third kappa shape index (κ3) is 5.37. The van der Waals surface area contributed by atoms with Gasteiger partial charge in [-0.05, 0) is 49.1 Å². The molecular weight excluding hydrogens is 368 g/mol. The number of benzene rings is 3. The lowest BCUT2D eigenvalue weighted by Gasteiger charge is -2.33. The molecule has 3 nitrogen and oxygen atoms in total. The lowest BCUT2D eigenvalue weighted by molar-refractivity contribution is 0.0910. The fraction of sp³-hybridized carbons (Fsp3) is 0.296. The molecule has 3 heteroatoms. The van der Waals surface area contributed by atoms with E-state index in [1.807, 2.05) is 30.3 Å². The van der Waals surface area contributed by atoms with Crippen molar-refractivity contribution >= 4 is 5.91 Å². The van der Waals surface area contributed by atoms with Crippen LogP contribution >= 0.6 is 0 Å². The van der Waals surface area contributed by atoms with Gasteiger partial charge in [-0.1, -0.05) is 78.9 Å². The predicted octanol–water partition coefficient (Wildman–Crippen LogP) is 5.10. The van der Waals surface area contributed by atoms with Gasteiger partial charge < -0.3 is 10.2 Å². The first kappa shape index (κ1) is 20.4. The van der Waals surface area contributed by atoms with Crippen LogP contribution in [0.2, 0.25) is 0 Å². The number of piperidine rings is 1. The van der Waals surface area contributed by atoms with Gasteiger partial charge in [0.25, 0.3) is 5.91 Å². The Labute approximate surface area is 179 Å². The zero-order chi connectivity index (χ0) is 20.6. The molecular formula is C27H30N2O. The van der Waals surface area contributed by atoms with E-state index in [2.05, 4.69) is 70.9 Å². The minimum atomic E-state index is 0.0438. The molecule has 0 aromatic heterocycles. The average molecular weight is 399 g/mol. The average Bonchev–Trinajstić information content (AvgIpc) is 2.82. The molecule has 0 bridgehead atoms. The van der Waals surface area contributed by atoms with E-state index in [1.165, 1.54) is 11.1 Å². The number of hydrogen-bond donors (Lipinski definition) is 1. The van der Waals surface area contributed by atoms with Gasteiger partial charge in [0.2, 0.25) is 0 Å². The molecule has 4 rings (SSSR count). The summed E-state index contributed by atoms with van der Waals surface area (Å²) in [7, 11) is 0. The van der Waals surface area contributed by atoms with Crippen LogP contribution in [0, 0.1) is 0 Å². The van der Waals surface area contributed by atoms with Crippen molar-refractivity contribution < 1.29 is 4.79 Å². The van der Waals surface area contributed by atoms with Crippen LogP contribution in [0.25, 0.3) is 0 Å². The summed E-state index contributed by atoms with van der Waals surface area (Å²) in [5, 5.41) is 3.21. The fourth-order valence-corrected chi connectivity index (χ4v) is 4.37. The number of nitrogens with zero attached hydrogens (tertiary/aromatic N) is 1. The molecule has 3 aromatic rings. The standard InChI is InChI=1S/C27H30N2O/c30-27(24-14-8-3-9-15-24)28-25-16-19-29(20-17-25)21-18-26(22-10-4-1-5-11-22)23-12-6-2-7-13-23/h1-15,25-26H,16-21H2,(H,28,30). The highest BCUT2D eigenvalue weighted by atomic mass is 16.1. The fourth-order valence-electron chi connectivity index (χ4n) is 4.37. The maximum Gasteiger partial charge on any atom is 0.251 e. The smallest absolute Gasteiger partial charge is 0.251 e. The lowest BCUT2D eigenvalue weighted by atomic mass is 9.88. The molecule has 0 spiro atoms. The summed E-state index contributed by atoms with van der Waals surface area (Å²) in [6.07, 6.45) is 3.13. The van der Waals surface area contributed by atoms with Gasteiger partial charge in [-0.15, -0.1) is 0 Å². The highest BCUT2D eigenvalue weighted by Crippen LogP contribution is 2.28. The Balaban J connectivity index is 1.30. The van der Waals surface area contributed by atoms with E-state index in [0.29, 0.717) is 5.92 Å². The maximum absolute atomic E-state index is 12.4. The number of amides is 1. The van der Waals surface area contributed by atoms with Crippen LogP contribution in [-0.4, -0.2) is 36.5 Å². The third-order valence-electron chi connectivity index (χ3n) is 6.10. The summed E-state index contributed by atoms with van der Waals surface area (Å²) in [5.74, 6) is 0.463. The van der Waals surface area contributed by atoms with E-state index >= 15 is 0 Å². The minimum absolute atomic E-state index is 0.0438.